The second-order valence-corrected chi connectivity index (χ2v) is 8.26. The number of nitrogens with zero attached hydrogens (tertiary/aromatic N) is 3. The zero-order valence-electron chi connectivity index (χ0n) is 18.6. The molecule has 1 heterocycles. The maximum atomic E-state index is 4.42. The third-order valence-electron chi connectivity index (χ3n) is 5.71. The second kappa shape index (κ2) is 12.4. The van der Waals surface area contributed by atoms with Crippen molar-refractivity contribution in [2.24, 2.45) is 4.99 Å². The van der Waals surface area contributed by atoms with Gasteiger partial charge in [0, 0.05) is 45.8 Å². The van der Waals surface area contributed by atoms with Crippen LogP contribution in [0.15, 0.2) is 65.7 Å². The lowest BCUT2D eigenvalue weighted by Crippen LogP contribution is -2.48. The predicted octanol–water partition coefficient (Wildman–Crippen LogP) is 3.34. The fourth-order valence-corrected chi connectivity index (χ4v) is 3.99. The Morgan fingerprint density at radius 1 is 1.00 bits per heavy atom. The number of piperidine rings is 1. The Bertz CT molecular complexity index is 739. The van der Waals surface area contributed by atoms with E-state index in [0.29, 0.717) is 6.04 Å². The van der Waals surface area contributed by atoms with Crippen molar-refractivity contribution in [3.8, 4) is 0 Å². The minimum atomic E-state index is 0.504. The van der Waals surface area contributed by atoms with E-state index in [2.05, 4.69) is 93.1 Å². The molecule has 0 saturated carbocycles. The summed E-state index contributed by atoms with van der Waals surface area (Å²) in [4.78, 5) is 9.34. The highest BCUT2D eigenvalue weighted by molar-refractivity contribution is 5.79. The third-order valence-corrected chi connectivity index (χ3v) is 5.71. The van der Waals surface area contributed by atoms with Crippen LogP contribution in [0, 0.1) is 0 Å². The van der Waals surface area contributed by atoms with Gasteiger partial charge in [-0.3, -0.25) is 9.89 Å². The molecule has 0 radical (unpaired) electrons. The fraction of sp³-hybridized carbons (Fsp3) is 0.480. The summed E-state index contributed by atoms with van der Waals surface area (Å²) in [6.07, 6.45) is 3.42. The highest BCUT2D eigenvalue weighted by Crippen LogP contribution is 2.13. The van der Waals surface area contributed by atoms with Gasteiger partial charge in [-0.15, -0.1) is 0 Å². The second-order valence-electron chi connectivity index (χ2n) is 8.26. The van der Waals surface area contributed by atoms with Gasteiger partial charge in [-0.25, -0.2) is 0 Å². The number of aliphatic imine (C=N–C) groups is 1. The zero-order valence-corrected chi connectivity index (χ0v) is 18.6. The maximum absolute atomic E-state index is 4.42. The molecule has 0 unspecified atom stereocenters. The summed E-state index contributed by atoms with van der Waals surface area (Å²) in [5.74, 6) is 0.933. The topological polar surface area (TPSA) is 42.9 Å². The third kappa shape index (κ3) is 7.81. The van der Waals surface area contributed by atoms with E-state index in [1.165, 1.54) is 11.1 Å². The average molecular weight is 408 g/mol. The van der Waals surface area contributed by atoms with Gasteiger partial charge in [-0.05, 0) is 44.0 Å². The molecular formula is C25H37N5. The molecule has 2 aromatic carbocycles. The highest BCUT2D eigenvalue weighted by atomic mass is 15.2. The molecule has 1 aliphatic rings. The van der Waals surface area contributed by atoms with Gasteiger partial charge >= 0.3 is 0 Å². The quantitative estimate of drug-likeness (QED) is 0.380. The lowest BCUT2D eigenvalue weighted by Gasteiger charge is -2.33. The van der Waals surface area contributed by atoms with Crippen LogP contribution in [0.3, 0.4) is 0 Å². The van der Waals surface area contributed by atoms with Crippen LogP contribution in [0.5, 0.6) is 0 Å². The van der Waals surface area contributed by atoms with Crippen molar-refractivity contribution in [1.29, 1.82) is 0 Å². The molecule has 0 bridgehead atoms. The first-order chi connectivity index (χ1) is 14.7. The number of guanidine groups is 1. The van der Waals surface area contributed by atoms with Crippen molar-refractivity contribution < 1.29 is 0 Å². The first kappa shape index (κ1) is 22.3. The Labute approximate surface area is 182 Å². The van der Waals surface area contributed by atoms with Gasteiger partial charge < -0.3 is 15.5 Å². The molecule has 0 spiro atoms. The van der Waals surface area contributed by atoms with E-state index < -0.39 is 0 Å². The van der Waals surface area contributed by atoms with E-state index >= 15 is 0 Å². The molecule has 2 N–H and O–H groups in total. The molecular weight excluding hydrogens is 370 g/mol. The smallest absolute Gasteiger partial charge is 0.191 e. The van der Waals surface area contributed by atoms with E-state index in [1.54, 1.807) is 0 Å². The largest absolute Gasteiger partial charge is 0.356 e. The molecule has 1 aliphatic heterocycles. The van der Waals surface area contributed by atoms with Crippen LogP contribution in [0.1, 0.15) is 30.4 Å². The van der Waals surface area contributed by atoms with E-state index in [4.69, 9.17) is 0 Å². The summed E-state index contributed by atoms with van der Waals surface area (Å²) in [6, 6.07) is 21.9. The Balaban J connectivity index is 1.29. The molecule has 3 rings (SSSR count). The molecule has 0 aromatic heterocycles. The lowest BCUT2D eigenvalue weighted by molar-refractivity contribution is 0.198. The minimum Gasteiger partial charge on any atom is -0.356 e. The van der Waals surface area contributed by atoms with Gasteiger partial charge in [0.1, 0.15) is 0 Å². The molecule has 0 amide bonds. The molecule has 30 heavy (non-hydrogen) atoms. The molecule has 162 valence electrons. The van der Waals surface area contributed by atoms with Gasteiger partial charge in [0.15, 0.2) is 5.96 Å². The highest BCUT2D eigenvalue weighted by Gasteiger charge is 2.19. The Kier molecular flexibility index (Phi) is 9.19. The Hall–Kier alpha value is -2.37. The summed E-state index contributed by atoms with van der Waals surface area (Å²) in [5.41, 5.74) is 2.77. The van der Waals surface area contributed by atoms with Gasteiger partial charge in [-0.1, -0.05) is 60.7 Å². The van der Waals surface area contributed by atoms with Crippen LogP contribution in [-0.2, 0) is 13.1 Å². The monoisotopic (exact) mass is 407 g/mol. The van der Waals surface area contributed by atoms with Gasteiger partial charge in [0.2, 0.25) is 0 Å². The standard InChI is InChI=1S/C25H37N5/c1-26-25(27-16-9-17-29(2)20-22-10-5-3-6-11-22)28-24-14-18-30(19-15-24)21-23-12-7-4-8-13-23/h3-8,10-13,24H,9,14-21H2,1-2H3,(H2,26,27,28). The lowest BCUT2D eigenvalue weighted by atomic mass is 10.0. The van der Waals surface area contributed by atoms with Gasteiger partial charge in [0.25, 0.3) is 0 Å². The SMILES string of the molecule is CN=C(NCCCN(C)Cc1ccccc1)NC1CCN(Cc2ccccc2)CC1. The number of nitrogens with one attached hydrogen (secondary N) is 2. The van der Waals surface area contributed by atoms with Crippen molar-refractivity contribution >= 4 is 5.96 Å². The Morgan fingerprint density at radius 3 is 2.27 bits per heavy atom. The molecule has 1 fully saturated rings. The van der Waals surface area contributed by atoms with Crippen molar-refractivity contribution in [1.82, 2.24) is 20.4 Å². The van der Waals surface area contributed by atoms with Crippen LogP contribution >= 0.6 is 0 Å². The number of benzene rings is 2. The molecule has 5 nitrogen and oxygen atoms in total. The predicted molar refractivity (Wildman–Crippen MR) is 127 cm³/mol. The van der Waals surface area contributed by atoms with E-state index in [9.17, 15) is 0 Å². The molecule has 0 aliphatic carbocycles. The van der Waals surface area contributed by atoms with Crippen molar-refractivity contribution in [3.63, 3.8) is 0 Å². The van der Waals surface area contributed by atoms with Crippen LogP contribution < -0.4 is 10.6 Å². The molecule has 0 atom stereocenters. The summed E-state index contributed by atoms with van der Waals surface area (Å²) in [5, 5.41) is 7.10. The van der Waals surface area contributed by atoms with Crippen LogP contribution in [0.25, 0.3) is 0 Å². The number of rotatable bonds is 9. The normalized spacial score (nSPS) is 16.0. The minimum absolute atomic E-state index is 0.504. The average Bonchev–Trinajstić information content (AvgIpc) is 2.78. The number of likely N-dealkylation sites (tertiary alicyclic amines) is 1. The molecule has 5 heteroatoms. The molecule has 1 saturated heterocycles. The van der Waals surface area contributed by atoms with E-state index in [-0.39, 0.29) is 0 Å². The van der Waals surface area contributed by atoms with E-state index in [1.807, 2.05) is 7.05 Å². The van der Waals surface area contributed by atoms with Crippen LogP contribution in [0.4, 0.5) is 0 Å². The van der Waals surface area contributed by atoms with Crippen LogP contribution in [0.2, 0.25) is 0 Å². The van der Waals surface area contributed by atoms with Crippen molar-refractivity contribution in [2.75, 3.05) is 40.3 Å². The number of hydrogen-bond donors (Lipinski definition) is 2. The zero-order chi connectivity index (χ0) is 21.0. The first-order valence-corrected chi connectivity index (χ1v) is 11.2. The van der Waals surface area contributed by atoms with Crippen molar-refractivity contribution in [3.05, 3.63) is 71.8 Å². The Morgan fingerprint density at radius 2 is 1.63 bits per heavy atom. The van der Waals surface area contributed by atoms with Crippen LogP contribution in [-0.4, -0.2) is 62.1 Å². The van der Waals surface area contributed by atoms with E-state index in [0.717, 1.165) is 64.5 Å². The molecule has 2 aromatic rings. The van der Waals surface area contributed by atoms with Gasteiger partial charge in [-0.2, -0.15) is 0 Å². The number of hydrogen-bond acceptors (Lipinski definition) is 3. The van der Waals surface area contributed by atoms with Gasteiger partial charge in [0.05, 0.1) is 0 Å². The summed E-state index contributed by atoms with van der Waals surface area (Å²) >= 11 is 0. The maximum Gasteiger partial charge on any atom is 0.191 e. The summed E-state index contributed by atoms with van der Waals surface area (Å²) in [6.45, 7) is 6.32. The summed E-state index contributed by atoms with van der Waals surface area (Å²) in [7, 11) is 4.05. The fourth-order valence-electron chi connectivity index (χ4n) is 3.99. The summed E-state index contributed by atoms with van der Waals surface area (Å²) < 4.78 is 0. The van der Waals surface area contributed by atoms with Crippen molar-refractivity contribution in [2.45, 2.75) is 38.4 Å². The first-order valence-electron chi connectivity index (χ1n) is 11.2.